The first-order valence-electron chi connectivity index (χ1n) is 9.49. The van der Waals surface area contributed by atoms with Gasteiger partial charge >= 0.3 is 0 Å². The average molecular weight is 260 g/mol. The number of halogens is 1. The van der Waals surface area contributed by atoms with Gasteiger partial charge in [-0.1, -0.05) is 26.0 Å². The zero-order valence-electron chi connectivity index (χ0n) is 18.9. The minimum absolute atomic E-state index is 0.275. The fourth-order valence-corrected chi connectivity index (χ4v) is 1.63. The molecule has 0 saturated carbocycles. The summed E-state index contributed by atoms with van der Waals surface area (Å²) in [6.07, 6.45) is -18.1. The van der Waals surface area contributed by atoms with Crippen molar-refractivity contribution in [1.29, 1.82) is 0 Å². The van der Waals surface area contributed by atoms with Crippen molar-refractivity contribution in [1.82, 2.24) is 0 Å². The zero-order chi connectivity index (χ0) is 20.3. The van der Waals surface area contributed by atoms with E-state index in [1.807, 2.05) is 0 Å². The second kappa shape index (κ2) is 5.76. The van der Waals surface area contributed by atoms with Crippen molar-refractivity contribution in [3.8, 4) is 0 Å². The molecule has 0 unspecified atom stereocenters. The van der Waals surface area contributed by atoms with Gasteiger partial charge in [0.1, 0.15) is 0 Å². The van der Waals surface area contributed by atoms with Gasteiger partial charge in [0.15, 0.2) is 0 Å². The van der Waals surface area contributed by atoms with Crippen LogP contribution < -0.4 is 0 Å². The standard InChI is InChI=1S/C10H15BrS/c1-2-3-4-5-6-9-7-10(11)12-8-9/h7-8H,2-6H2,1H3/i1D3,2D2,3D2,4D2,5D2,6D2. The third kappa shape index (κ3) is 3.72. The van der Waals surface area contributed by atoms with Crippen molar-refractivity contribution >= 4 is 27.3 Å². The molecule has 1 aromatic heterocycles. The molecule has 1 heterocycles. The first kappa shape index (κ1) is 2.40. The molecule has 0 aliphatic heterocycles. The molecule has 1 aromatic rings. The summed E-state index contributed by atoms with van der Waals surface area (Å²) in [7, 11) is 0. The summed E-state index contributed by atoms with van der Waals surface area (Å²) in [4.78, 5) is 0. The van der Waals surface area contributed by atoms with Crippen molar-refractivity contribution in [3.63, 3.8) is 0 Å². The number of thiophene rings is 1. The molecule has 0 bridgehead atoms. The van der Waals surface area contributed by atoms with E-state index in [1.54, 1.807) is 0 Å². The van der Waals surface area contributed by atoms with Crippen LogP contribution in [-0.2, 0) is 6.37 Å². The quantitative estimate of drug-likeness (QED) is 0.724. The lowest BCUT2D eigenvalue weighted by Crippen LogP contribution is -1.81. The minimum Gasteiger partial charge on any atom is -0.137 e. The van der Waals surface area contributed by atoms with Gasteiger partial charge < -0.3 is 0 Å². The molecule has 1 rings (SSSR count). The van der Waals surface area contributed by atoms with Crippen molar-refractivity contribution in [2.45, 2.75) is 38.7 Å². The maximum Gasteiger partial charge on any atom is 0.0701 e. The van der Waals surface area contributed by atoms with Crippen LogP contribution in [0.1, 0.15) is 55.7 Å². The van der Waals surface area contributed by atoms with Gasteiger partial charge in [-0.15, -0.1) is 11.3 Å². The Hall–Kier alpha value is 0.180. The number of rotatable bonds is 5. The highest BCUT2D eigenvalue weighted by Gasteiger charge is 1.96. The molecule has 68 valence electrons. The fraction of sp³-hybridized carbons (Fsp3) is 0.600. The summed E-state index contributed by atoms with van der Waals surface area (Å²) in [5.74, 6) is 0. The molecule has 0 aliphatic carbocycles. The van der Waals surface area contributed by atoms with Gasteiger partial charge in [-0.05, 0) is 45.7 Å². The molecule has 0 aromatic carbocycles. The normalized spacial score (nSPS) is 33.6. The van der Waals surface area contributed by atoms with Crippen LogP contribution in [-0.4, -0.2) is 0 Å². The van der Waals surface area contributed by atoms with Gasteiger partial charge in [-0.25, -0.2) is 0 Å². The van der Waals surface area contributed by atoms with E-state index < -0.39 is 38.7 Å². The molecule has 0 radical (unpaired) electrons. The van der Waals surface area contributed by atoms with E-state index in [1.165, 1.54) is 11.4 Å². The van der Waals surface area contributed by atoms with E-state index >= 15 is 0 Å². The third-order valence-corrected chi connectivity index (χ3v) is 2.47. The Bertz CT molecular complexity index is 629. The molecule has 0 aliphatic rings. The highest BCUT2D eigenvalue weighted by atomic mass is 79.9. The van der Waals surface area contributed by atoms with Crippen LogP contribution in [0.25, 0.3) is 0 Å². The van der Waals surface area contributed by atoms with Crippen LogP contribution >= 0.6 is 27.3 Å². The second-order valence-corrected chi connectivity index (χ2v) is 4.05. The first-order valence-corrected chi connectivity index (χ1v) is 4.67. The van der Waals surface area contributed by atoms with Gasteiger partial charge in [0.05, 0.1) is 3.79 Å². The molecule has 0 N–H and O–H groups in total. The van der Waals surface area contributed by atoms with Crippen LogP contribution in [0.15, 0.2) is 15.2 Å². The Morgan fingerprint density at radius 3 is 3.17 bits per heavy atom. The summed E-state index contributed by atoms with van der Waals surface area (Å²) in [6.45, 7) is -3.59. The van der Waals surface area contributed by atoms with Crippen LogP contribution in [0.2, 0.25) is 0 Å². The van der Waals surface area contributed by atoms with Crippen molar-refractivity contribution in [2.75, 3.05) is 0 Å². The maximum atomic E-state index is 7.99. The highest BCUT2D eigenvalue weighted by Crippen LogP contribution is 2.22. The lowest BCUT2D eigenvalue weighted by molar-refractivity contribution is 0.667. The van der Waals surface area contributed by atoms with E-state index in [9.17, 15) is 0 Å². The van der Waals surface area contributed by atoms with E-state index in [4.69, 9.17) is 17.8 Å². The molecule has 0 atom stereocenters. The largest absolute Gasteiger partial charge is 0.137 e. The predicted octanol–water partition coefficient (Wildman–Crippen LogP) is 4.63. The SMILES string of the molecule is [2H]C([2H])([2H])C([2H])([2H])C([2H])([2H])C([2H])([2H])C([2H])([2H])C([2H])([2H])c1csc(Br)c1. The molecule has 0 amide bonds. The molecule has 0 nitrogen and oxygen atoms in total. The first-order chi connectivity index (χ1) is 10.7. The van der Waals surface area contributed by atoms with Crippen LogP contribution in [0.3, 0.4) is 0 Å². The van der Waals surface area contributed by atoms with Gasteiger partial charge in [0, 0.05) is 17.8 Å². The Kier molecular flexibility index (Phi) is 1.15. The topological polar surface area (TPSA) is 0 Å². The molecule has 0 saturated heterocycles. The van der Waals surface area contributed by atoms with Gasteiger partial charge in [-0.2, -0.15) is 0 Å². The summed E-state index contributed by atoms with van der Waals surface area (Å²) < 4.78 is 99.9. The highest BCUT2D eigenvalue weighted by molar-refractivity contribution is 9.11. The van der Waals surface area contributed by atoms with Gasteiger partial charge in [0.25, 0.3) is 0 Å². The molecule has 0 fully saturated rings. The number of hydrogen-bond acceptors (Lipinski definition) is 1. The van der Waals surface area contributed by atoms with Crippen molar-refractivity contribution < 1.29 is 17.8 Å². The van der Waals surface area contributed by atoms with E-state index in [0.717, 1.165) is 11.3 Å². The molecular weight excluding hydrogens is 232 g/mol. The van der Waals surface area contributed by atoms with Crippen LogP contribution in [0.5, 0.6) is 0 Å². The van der Waals surface area contributed by atoms with Crippen molar-refractivity contribution in [2.24, 2.45) is 0 Å². The lowest BCUT2D eigenvalue weighted by atomic mass is 10.1. The number of hydrogen-bond donors (Lipinski definition) is 0. The Labute approximate surface area is 105 Å². The Morgan fingerprint density at radius 2 is 2.50 bits per heavy atom. The summed E-state index contributed by atoms with van der Waals surface area (Å²) in [5, 5.41) is 1.21. The second-order valence-electron chi connectivity index (χ2n) is 1.76. The van der Waals surface area contributed by atoms with E-state index in [-0.39, 0.29) is 5.56 Å². The molecule has 12 heavy (non-hydrogen) atoms. The fourth-order valence-electron chi connectivity index (χ4n) is 0.542. The maximum absolute atomic E-state index is 7.99. The third-order valence-electron chi connectivity index (χ3n) is 0.962. The van der Waals surface area contributed by atoms with E-state index in [2.05, 4.69) is 15.9 Å². The lowest BCUT2D eigenvalue weighted by Gasteiger charge is -1.96. The Balaban J connectivity index is 3.53. The Morgan fingerprint density at radius 1 is 1.58 bits per heavy atom. The summed E-state index contributed by atoms with van der Waals surface area (Å²) >= 11 is 4.07. The van der Waals surface area contributed by atoms with Crippen LogP contribution in [0.4, 0.5) is 0 Å². The number of aryl methyl sites for hydroxylation is 1. The van der Waals surface area contributed by atoms with Gasteiger partial charge in [0.2, 0.25) is 0 Å². The summed E-state index contributed by atoms with van der Waals surface area (Å²) in [5.41, 5.74) is -0.275. The minimum atomic E-state index is -3.87. The smallest absolute Gasteiger partial charge is 0.0701 e. The van der Waals surface area contributed by atoms with Gasteiger partial charge in [-0.3, -0.25) is 0 Å². The predicted molar refractivity (Wildman–Crippen MR) is 59.9 cm³/mol. The summed E-state index contributed by atoms with van der Waals surface area (Å²) in [6, 6.07) is 1.20. The molecule has 2 heteroatoms. The average Bonchev–Trinajstić information content (AvgIpc) is 2.83. The molecule has 0 spiro atoms. The van der Waals surface area contributed by atoms with E-state index in [0.29, 0.717) is 3.79 Å². The monoisotopic (exact) mass is 259 g/mol. The zero-order valence-corrected chi connectivity index (χ0v) is 8.34. The van der Waals surface area contributed by atoms with Crippen LogP contribution in [0, 0.1) is 0 Å². The molecular formula is C10H15BrS. The van der Waals surface area contributed by atoms with Crippen molar-refractivity contribution in [3.05, 3.63) is 20.8 Å².